The summed E-state index contributed by atoms with van der Waals surface area (Å²) in [6.07, 6.45) is 9.40. The molecule has 1 aliphatic carbocycles. The number of likely N-dealkylation sites (tertiary alicyclic amines) is 2. The average molecular weight is 435 g/mol. The van der Waals surface area contributed by atoms with Crippen LogP contribution in [-0.2, 0) is 29.0 Å². The molecule has 5 rings (SSSR count). The molecule has 32 heavy (non-hydrogen) atoms. The molecule has 1 aromatic carbocycles. The predicted octanol–water partition coefficient (Wildman–Crippen LogP) is 3.45. The van der Waals surface area contributed by atoms with Gasteiger partial charge in [0.1, 0.15) is 12.4 Å². The highest BCUT2D eigenvalue weighted by molar-refractivity contribution is 5.79. The van der Waals surface area contributed by atoms with E-state index < -0.39 is 0 Å². The highest BCUT2D eigenvalue weighted by Crippen LogP contribution is 2.56. The number of carbonyl (C=O) groups is 2. The van der Waals surface area contributed by atoms with Crippen LogP contribution in [0.3, 0.4) is 0 Å². The number of hydrogen-bond donors (Lipinski definition) is 0. The van der Waals surface area contributed by atoms with Crippen LogP contribution in [-0.4, -0.2) is 55.3 Å². The van der Waals surface area contributed by atoms with Crippen molar-refractivity contribution in [2.24, 2.45) is 5.41 Å². The van der Waals surface area contributed by atoms with Gasteiger partial charge >= 0.3 is 0 Å². The van der Waals surface area contributed by atoms with Gasteiger partial charge in [0.15, 0.2) is 0 Å². The molecule has 6 heteroatoms. The number of amides is 2. The van der Waals surface area contributed by atoms with E-state index in [0.717, 1.165) is 44.3 Å². The van der Waals surface area contributed by atoms with Crippen LogP contribution >= 0.6 is 0 Å². The summed E-state index contributed by atoms with van der Waals surface area (Å²) in [6, 6.07) is 10.9. The van der Waals surface area contributed by atoms with Gasteiger partial charge in [0.25, 0.3) is 0 Å². The molecular weight excluding hydrogens is 400 g/mol. The Hall–Kier alpha value is -2.63. The van der Waals surface area contributed by atoms with Crippen LogP contribution in [0, 0.1) is 5.41 Å². The van der Waals surface area contributed by atoms with Crippen LogP contribution in [0.5, 0.6) is 0 Å². The first-order chi connectivity index (χ1) is 15.4. The lowest BCUT2D eigenvalue weighted by Crippen LogP contribution is -2.63. The normalized spacial score (nSPS) is 31.1. The van der Waals surface area contributed by atoms with Crippen molar-refractivity contribution in [1.82, 2.24) is 19.4 Å². The fourth-order valence-corrected chi connectivity index (χ4v) is 7.02. The standard InChI is InChI=1S/C26H34N4O2/c1-4-24-27-13-14-28(24)17-25(32)30-20(15-19-9-6-5-7-10-19)21-16-26(3)22(29(21)18(2)31)11-8-12-23(26)30/h5-7,9-10,13-14,20-23H,4,8,11-12,15-17H2,1-3H3/t20-,21+,22+,23-,26+/m1/s1. The molecule has 0 spiro atoms. The fourth-order valence-electron chi connectivity index (χ4n) is 7.02. The first-order valence-electron chi connectivity index (χ1n) is 12.1. The van der Waals surface area contributed by atoms with Crippen molar-refractivity contribution in [3.05, 3.63) is 54.1 Å². The zero-order valence-corrected chi connectivity index (χ0v) is 19.4. The molecule has 1 aromatic heterocycles. The molecule has 2 aromatic rings. The Morgan fingerprint density at radius 1 is 1.12 bits per heavy atom. The Morgan fingerprint density at radius 2 is 1.84 bits per heavy atom. The third-order valence-corrected chi connectivity index (χ3v) is 8.32. The Labute approximate surface area is 190 Å². The lowest BCUT2D eigenvalue weighted by atomic mass is 9.64. The molecule has 170 valence electrons. The second-order valence-electron chi connectivity index (χ2n) is 10.0. The quantitative estimate of drug-likeness (QED) is 0.724. The average Bonchev–Trinajstić information content (AvgIpc) is 3.35. The SMILES string of the molecule is CCc1nccn1CC(=O)N1[C@H](Cc2ccccc2)[C@@H]2C[C@@]3(C)[C@H](CCC[C@@H]13)N2C(C)=O. The summed E-state index contributed by atoms with van der Waals surface area (Å²) in [5.41, 5.74) is 1.20. The fraction of sp³-hybridized carbons (Fsp3) is 0.577. The maximum Gasteiger partial charge on any atom is 0.243 e. The van der Waals surface area contributed by atoms with Crippen molar-refractivity contribution in [1.29, 1.82) is 0 Å². The summed E-state index contributed by atoms with van der Waals surface area (Å²) in [5.74, 6) is 1.25. The van der Waals surface area contributed by atoms with Crippen molar-refractivity contribution in [3.63, 3.8) is 0 Å². The number of aryl methyl sites for hydroxylation is 1. The van der Waals surface area contributed by atoms with Gasteiger partial charge in [-0.3, -0.25) is 9.59 Å². The number of hydrogen-bond acceptors (Lipinski definition) is 3. The Bertz CT molecular complexity index is 1000. The first kappa shape index (κ1) is 21.2. The van der Waals surface area contributed by atoms with E-state index in [0.29, 0.717) is 6.54 Å². The van der Waals surface area contributed by atoms with Gasteiger partial charge in [-0.1, -0.05) is 44.2 Å². The first-order valence-corrected chi connectivity index (χ1v) is 12.1. The Balaban J connectivity index is 1.55. The van der Waals surface area contributed by atoms with Gasteiger partial charge in [-0.05, 0) is 37.7 Å². The van der Waals surface area contributed by atoms with E-state index in [4.69, 9.17) is 0 Å². The molecule has 0 radical (unpaired) electrons. The minimum atomic E-state index is -0.0278. The van der Waals surface area contributed by atoms with Crippen LogP contribution in [0.25, 0.3) is 0 Å². The van der Waals surface area contributed by atoms with Gasteiger partial charge in [-0.15, -0.1) is 0 Å². The van der Waals surface area contributed by atoms with Crippen molar-refractivity contribution in [3.8, 4) is 0 Å². The number of fused-ring (bicyclic) bond motifs is 1. The molecule has 5 atom stereocenters. The molecular formula is C26H34N4O2. The molecule has 2 bridgehead atoms. The van der Waals surface area contributed by atoms with E-state index in [1.54, 1.807) is 13.1 Å². The van der Waals surface area contributed by atoms with Gasteiger partial charge in [-0.25, -0.2) is 4.98 Å². The predicted molar refractivity (Wildman–Crippen MR) is 123 cm³/mol. The summed E-state index contributed by atoms with van der Waals surface area (Å²) < 4.78 is 1.99. The van der Waals surface area contributed by atoms with E-state index in [2.05, 4.69) is 52.9 Å². The Kier molecular flexibility index (Phi) is 5.34. The molecule has 1 saturated carbocycles. The Morgan fingerprint density at radius 3 is 2.53 bits per heavy atom. The number of nitrogens with zero attached hydrogens (tertiary/aromatic N) is 4. The van der Waals surface area contributed by atoms with Gasteiger partial charge < -0.3 is 14.4 Å². The maximum atomic E-state index is 13.9. The largest absolute Gasteiger partial charge is 0.334 e. The van der Waals surface area contributed by atoms with Crippen LogP contribution in [0.4, 0.5) is 0 Å². The molecule has 2 aliphatic heterocycles. The smallest absolute Gasteiger partial charge is 0.243 e. The number of carbonyl (C=O) groups excluding carboxylic acids is 2. The zero-order valence-electron chi connectivity index (χ0n) is 19.4. The molecule has 0 unspecified atom stereocenters. The van der Waals surface area contributed by atoms with Crippen molar-refractivity contribution >= 4 is 11.8 Å². The summed E-state index contributed by atoms with van der Waals surface area (Å²) in [4.78, 5) is 35.6. The highest BCUT2D eigenvalue weighted by atomic mass is 16.2. The minimum absolute atomic E-state index is 0.00331. The third-order valence-electron chi connectivity index (χ3n) is 8.32. The number of piperidine rings is 1. The molecule has 2 amide bonds. The zero-order chi connectivity index (χ0) is 22.5. The number of imidazole rings is 1. The molecule has 3 aliphatic rings. The van der Waals surface area contributed by atoms with E-state index in [9.17, 15) is 9.59 Å². The van der Waals surface area contributed by atoms with E-state index >= 15 is 0 Å². The van der Waals surface area contributed by atoms with Crippen LogP contribution < -0.4 is 0 Å². The number of benzene rings is 1. The number of aromatic nitrogens is 2. The van der Waals surface area contributed by atoms with Crippen LogP contribution in [0.2, 0.25) is 0 Å². The third kappa shape index (κ3) is 3.26. The van der Waals surface area contributed by atoms with E-state index in [1.807, 2.05) is 16.8 Å². The second kappa shape index (κ2) is 8.05. The summed E-state index contributed by atoms with van der Waals surface area (Å²) in [6.45, 7) is 6.42. The highest BCUT2D eigenvalue weighted by Gasteiger charge is 2.64. The summed E-state index contributed by atoms with van der Waals surface area (Å²) in [5, 5.41) is 0. The molecule has 2 saturated heterocycles. The minimum Gasteiger partial charge on any atom is -0.334 e. The maximum absolute atomic E-state index is 13.9. The summed E-state index contributed by atoms with van der Waals surface area (Å²) >= 11 is 0. The van der Waals surface area contributed by atoms with E-state index in [1.165, 1.54) is 5.56 Å². The van der Waals surface area contributed by atoms with Crippen molar-refractivity contribution in [2.45, 2.75) is 90.0 Å². The van der Waals surface area contributed by atoms with E-state index in [-0.39, 0.29) is 41.4 Å². The molecule has 3 heterocycles. The van der Waals surface area contributed by atoms with Crippen LogP contribution in [0.15, 0.2) is 42.7 Å². The van der Waals surface area contributed by atoms with Crippen LogP contribution in [0.1, 0.15) is 57.8 Å². The molecule has 6 nitrogen and oxygen atoms in total. The topological polar surface area (TPSA) is 58.4 Å². The van der Waals surface area contributed by atoms with Crippen molar-refractivity contribution < 1.29 is 9.59 Å². The molecule has 3 fully saturated rings. The van der Waals surface area contributed by atoms with Gasteiger partial charge in [-0.2, -0.15) is 0 Å². The van der Waals surface area contributed by atoms with Gasteiger partial charge in [0.05, 0.1) is 12.1 Å². The lowest BCUT2D eigenvalue weighted by molar-refractivity contribution is -0.146. The monoisotopic (exact) mass is 434 g/mol. The lowest BCUT2D eigenvalue weighted by Gasteiger charge is -2.53. The summed E-state index contributed by atoms with van der Waals surface area (Å²) in [7, 11) is 0. The molecule has 0 N–H and O–H groups in total. The number of rotatable bonds is 5. The van der Waals surface area contributed by atoms with Crippen molar-refractivity contribution in [2.75, 3.05) is 0 Å². The second-order valence-corrected chi connectivity index (χ2v) is 10.0. The van der Waals surface area contributed by atoms with Gasteiger partial charge in [0, 0.05) is 43.2 Å². The van der Waals surface area contributed by atoms with Gasteiger partial charge in [0.2, 0.25) is 11.8 Å².